The molecule has 3 aromatic carbocycles. The smallest absolute Gasteiger partial charge is 0.319 e. The molecule has 1 N–H and O–H groups in total. The second kappa shape index (κ2) is 11.9. The summed E-state index contributed by atoms with van der Waals surface area (Å²) in [4.78, 5) is 46.0. The van der Waals surface area contributed by atoms with Gasteiger partial charge in [-0.05, 0) is 40.6 Å². The minimum Gasteiger partial charge on any atom is -0.496 e. The minimum absolute atomic E-state index is 0.0554. The van der Waals surface area contributed by atoms with Crippen LogP contribution in [-0.4, -0.2) is 65.0 Å². The number of amides is 4. The number of fused-ring (bicyclic) bond motifs is 2. The Bertz CT molecular complexity index is 1410. The van der Waals surface area contributed by atoms with Gasteiger partial charge >= 0.3 is 6.03 Å². The molecular weight excluding hydrogens is 572 g/mol. The van der Waals surface area contributed by atoms with Crippen molar-refractivity contribution >= 4 is 44.5 Å². The molecule has 0 radical (unpaired) electrons. The Balaban J connectivity index is 1.44. The van der Waals surface area contributed by atoms with Crippen molar-refractivity contribution in [1.82, 2.24) is 20.0 Å². The molecule has 210 valence electrons. The van der Waals surface area contributed by atoms with E-state index in [9.17, 15) is 14.4 Å². The summed E-state index contributed by atoms with van der Waals surface area (Å²) in [6.07, 6.45) is 0.403. The fraction of sp³-hybridized carbons (Fsp3) is 0.387. The van der Waals surface area contributed by atoms with Crippen LogP contribution >= 0.6 is 15.9 Å². The van der Waals surface area contributed by atoms with Crippen molar-refractivity contribution in [2.45, 2.75) is 52.0 Å². The van der Waals surface area contributed by atoms with Crippen LogP contribution in [0, 0.1) is 5.92 Å². The number of benzene rings is 3. The van der Waals surface area contributed by atoms with E-state index in [1.165, 1.54) is 0 Å². The SMILES string of the molecule is CC[C@H](C)C1C(=O)N(Cc2ccc(OC)c3ccccc23)C[C@@H]2N(C(=O)NCc3ccc(Br)cc3)CCC(=O)N12. The van der Waals surface area contributed by atoms with Crippen LogP contribution in [0.25, 0.3) is 10.8 Å². The molecule has 0 aromatic heterocycles. The highest BCUT2D eigenvalue weighted by Gasteiger charge is 2.50. The van der Waals surface area contributed by atoms with Gasteiger partial charge in [-0.25, -0.2) is 4.79 Å². The number of ether oxygens (including phenoxy) is 1. The minimum atomic E-state index is -0.622. The summed E-state index contributed by atoms with van der Waals surface area (Å²) in [6.45, 7) is 5.35. The number of hydrogen-bond acceptors (Lipinski definition) is 4. The predicted molar refractivity (Wildman–Crippen MR) is 157 cm³/mol. The van der Waals surface area contributed by atoms with Gasteiger partial charge < -0.3 is 24.8 Å². The molecule has 9 heteroatoms. The third-order valence-electron chi connectivity index (χ3n) is 8.14. The molecule has 2 fully saturated rings. The Morgan fingerprint density at radius 2 is 1.80 bits per heavy atom. The van der Waals surface area contributed by atoms with E-state index in [1.807, 2.05) is 79.4 Å². The Kier molecular flexibility index (Phi) is 8.30. The maximum absolute atomic E-state index is 14.0. The number of piperazine rings is 1. The summed E-state index contributed by atoms with van der Waals surface area (Å²) >= 11 is 3.44. The Morgan fingerprint density at radius 3 is 2.50 bits per heavy atom. The molecule has 1 unspecified atom stereocenters. The van der Waals surface area contributed by atoms with Gasteiger partial charge in [-0.2, -0.15) is 0 Å². The van der Waals surface area contributed by atoms with E-state index in [4.69, 9.17) is 4.74 Å². The Hall–Kier alpha value is -3.59. The van der Waals surface area contributed by atoms with Crippen LogP contribution in [0.5, 0.6) is 5.75 Å². The highest BCUT2D eigenvalue weighted by atomic mass is 79.9. The fourth-order valence-electron chi connectivity index (χ4n) is 5.79. The Morgan fingerprint density at radius 1 is 1.07 bits per heavy atom. The van der Waals surface area contributed by atoms with E-state index in [0.717, 1.165) is 38.5 Å². The van der Waals surface area contributed by atoms with Gasteiger partial charge in [0.1, 0.15) is 18.0 Å². The molecule has 0 aliphatic carbocycles. The third kappa shape index (κ3) is 5.39. The Labute approximate surface area is 243 Å². The molecule has 40 heavy (non-hydrogen) atoms. The summed E-state index contributed by atoms with van der Waals surface area (Å²) in [5.41, 5.74) is 1.97. The fourth-order valence-corrected chi connectivity index (χ4v) is 6.05. The molecule has 4 amide bonds. The summed E-state index contributed by atoms with van der Waals surface area (Å²) in [5.74, 6) is 0.575. The van der Waals surface area contributed by atoms with Gasteiger partial charge in [-0.3, -0.25) is 9.59 Å². The van der Waals surface area contributed by atoms with Crippen molar-refractivity contribution in [3.05, 3.63) is 76.3 Å². The predicted octanol–water partition coefficient (Wildman–Crippen LogP) is 5.14. The quantitative estimate of drug-likeness (QED) is 0.404. The molecule has 2 aliphatic rings. The maximum atomic E-state index is 14.0. The van der Waals surface area contributed by atoms with Gasteiger partial charge in [0.15, 0.2) is 0 Å². The number of carbonyl (C=O) groups excluding carboxylic acids is 3. The lowest BCUT2D eigenvalue weighted by Crippen LogP contribution is -2.72. The first-order chi connectivity index (χ1) is 19.3. The van der Waals surface area contributed by atoms with Crippen LogP contribution in [0.15, 0.2) is 65.1 Å². The average molecular weight is 608 g/mol. The molecule has 8 nitrogen and oxygen atoms in total. The molecular formula is C31H35BrN4O4. The third-order valence-corrected chi connectivity index (χ3v) is 8.67. The van der Waals surface area contributed by atoms with E-state index in [-0.39, 0.29) is 36.7 Å². The lowest BCUT2D eigenvalue weighted by Gasteiger charge is -2.53. The van der Waals surface area contributed by atoms with Crippen LogP contribution in [0.3, 0.4) is 0 Å². The first-order valence-corrected chi connectivity index (χ1v) is 14.5. The summed E-state index contributed by atoms with van der Waals surface area (Å²) in [6, 6.07) is 18.8. The molecule has 3 atom stereocenters. The molecule has 0 saturated carbocycles. The zero-order valence-electron chi connectivity index (χ0n) is 23.1. The van der Waals surface area contributed by atoms with Crippen LogP contribution < -0.4 is 10.1 Å². The largest absolute Gasteiger partial charge is 0.496 e. The normalized spacial score (nSPS) is 19.9. The second-order valence-corrected chi connectivity index (χ2v) is 11.4. The van der Waals surface area contributed by atoms with Crippen molar-refractivity contribution in [1.29, 1.82) is 0 Å². The highest BCUT2D eigenvalue weighted by Crippen LogP contribution is 2.33. The zero-order chi connectivity index (χ0) is 28.4. The number of halogens is 1. The van der Waals surface area contributed by atoms with Gasteiger partial charge in [0, 0.05) is 35.9 Å². The van der Waals surface area contributed by atoms with Gasteiger partial charge in [0.05, 0.1) is 13.7 Å². The molecule has 5 rings (SSSR count). The van der Waals surface area contributed by atoms with Crippen LogP contribution in [0.1, 0.15) is 37.8 Å². The number of carbonyl (C=O) groups is 3. The topological polar surface area (TPSA) is 82.2 Å². The lowest BCUT2D eigenvalue weighted by atomic mass is 9.91. The number of hydrogen-bond donors (Lipinski definition) is 1. The van der Waals surface area contributed by atoms with E-state index >= 15 is 0 Å². The molecule has 2 heterocycles. The monoisotopic (exact) mass is 606 g/mol. The van der Waals surface area contributed by atoms with E-state index in [1.54, 1.807) is 16.9 Å². The first-order valence-electron chi connectivity index (χ1n) is 13.8. The van der Waals surface area contributed by atoms with Crippen LogP contribution in [0.2, 0.25) is 0 Å². The molecule has 0 bridgehead atoms. The van der Waals surface area contributed by atoms with E-state index < -0.39 is 12.2 Å². The summed E-state index contributed by atoms with van der Waals surface area (Å²) in [7, 11) is 1.65. The van der Waals surface area contributed by atoms with Crippen LogP contribution in [0.4, 0.5) is 4.79 Å². The highest BCUT2D eigenvalue weighted by molar-refractivity contribution is 9.10. The first kappa shape index (κ1) is 28.0. The van der Waals surface area contributed by atoms with Gasteiger partial charge in [0.25, 0.3) is 0 Å². The van der Waals surface area contributed by atoms with Crippen molar-refractivity contribution < 1.29 is 19.1 Å². The molecule has 3 aromatic rings. The summed E-state index contributed by atoms with van der Waals surface area (Å²) < 4.78 is 6.53. The number of urea groups is 1. The number of nitrogens with one attached hydrogen (secondary N) is 1. The van der Waals surface area contributed by atoms with Crippen molar-refractivity contribution in [2.24, 2.45) is 5.92 Å². The van der Waals surface area contributed by atoms with Crippen molar-refractivity contribution in [3.63, 3.8) is 0 Å². The zero-order valence-corrected chi connectivity index (χ0v) is 24.7. The molecule has 0 spiro atoms. The average Bonchev–Trinajstić information content (AvgIpc) is 2.97. The van der Waals surface area contributed by atoms with E-state index in [2.05, 4.69) is 21.2 Å². The number of nitrogens with zero attached hydrogens (tertiary/aromatic N) is 3. The standard InChI is InChI=1S/C31H35BrN4O4/c1-4-20(2)29-30(38)34(18-22-11-14-26(40-3)25-8-6-5-7-24(22)25)19-27-35(16-15-28(37)36(27)29)31(39)33-17-21-9-12-23(32)13-10-21/h5-14,20,27,29H,4,15-19H2,1-3H3,(H,33,39)/t20-,27+,29?/m0/s1. The van der Waals surface area contributed by atoms with Crippen molar-refractivity contribution in [3.8, 4) is 5.75 Å². The van der Waals surface area contributed by atoms with Gasteiger partial charge in [0.2, 0.25) is 11.8 Å². The van der Waals surface area contributed by atoms with Gasteiger partial charge in [-0.15, -0.1) is 0 Å². The molecule has 2 saturated heterocycles. The number of methoxy groups -OCH3 is 1. The summed E-state index contributed by atoms with van der Waals surface area (Å²) in [5, 5.41) is 5.02. The van der Waals surface area contributed by atoms with Crippen molar-refractivity contribution in [2.75, 3.05) is 20.2 Å². The maximum Gasteiger partial charge on any atom is 0.319 e. The van der Waals surface area contributed by atoms with Crippen LogP contribution in [-0.2, 0) is 22.7 Å². The number of rotatable bonds is 7. The molecule has 2 aliphatic heterocycles. The lowest BCUT2D eigenvalue weighted by molar-refractivity contribution is -0.170. The second-order valence-electron chi connectivity index (χ2n) is 10.5. The van der Waals surface area contributed by atoms with Gasteiger partial charge in [-0.1, -0.05) is 78.7 Å². The van der Waals surface area contributed by atoms with E-state index in [0.29, 0.717) is 19.6 Å².